The fourth-order valence-corrected chi connectivity index (χ4v) is 2.94. The van der Waals surface area contributed by atoms with Crippen LogP contribution in [0.15, 0.2) is 24.3 Å². The van der Waals surface area contributed by atoms with Gasteiger partial charge in [-0.25, -0.2) is 0 Å². The first-order chi connectivity index (χ1) is 9.08. The summed E-state index contributed by atoms with van der Waals surface area (Å²) < 4.78 is 0. The number of amides is 1. The maximum atomic E-state index is 12.4. The number of carbonyl (C=O) groups excluding carboxylic acids is 1. The van der Waals surface area contributed by atoms with Crippen molar-refractivity contribution in [2.75, 3.05) is 0 Å². The topological polar surface area (TPSA) is 32.3 Å². The minimum Gasteiger partial charge on any atom is -0.319 e. The van der Waals surface area contributed by atoms with Crippen LogP contribution in [0.5, 0.6) is 0 Å². The molecule has 1 N–H and O–H groups in total. The van der Waals surface area contributed by atoms with Gasteiger partial charge in [-0.15, -0.1) is 0 Å². The van der Waals surface area contributed by atoms with E-state index in [-0.39, 0.29) is 24.2 Å². The Hall–Kier alpha value is -1.06. The van der Waals surface area contributed by atoms with E-state index in [4.69, 9.17) is 11.6 Å². The molecular weight excluding hydrogens is 260 g/mol. The van der Waals surface area contributed by atoms with Crippen LogP contribution in [0.2, 0.25) is 5.02 Å². The summed E-state index contributed by atoms with van der Waals surface area (Å²) in [6.45, 7) is 6.17. The van der Waals surface area contributed by atoms with Crippen molar-refractivity contribution in [1.82, 2.24) is 10.2 Å². The fourth-order valence-electron chi connectivity index (χ4n) is 2.75. The molecule has 19 heavy (non-hydrogen) atoms. The van der Waals surface area contributed by atoms with Crippen molar-refractivity contribution in [3.63, 3.8) is 0 Å². The van der Waals surface area contributed by atoms with Crippen molar-refractivity contribution in [2.45, 2.75) is 51.9 Å². The molecule has 4 heteroatoms. The highest BCUT2D eigenvalue weighted by atomic mass is 35.5. The number of nitrogens with one attached hydrogen (secondary N) is 1. The number of nitrogens with zero attached hydrogens (tertiary/aromatic N) is 1. The Bertz CT molecular complexity index is 459. The van der Waals surface area contributed by atoms with Gasteiger partial charge in [-0.2, -0.15) is 0 Å². The lowest BCUT2D eigenvalue weighted by atomic mass is 10.1. The summed E-state index contributed by atoms with van der Waals surface area (Å²) >= 11 is 6.06. The van der Waals surface area contributed by atoms with E-state index >= 15 is 0 Å². The van der Waals surface area contributed by atoms with E-state index in [1.807, 2.05) is 36.1 Å². The first-order valence-corrected chi connectivity index (χ1v) is 7.30. The highest BCUT2D eigenvalue weighted by molar-refractivity contribution is 6.30. The van der Waals surface area contributed by atoms with E-state index in [0.717, 1.165) is 18.4 Å². The molecule has 1 saturated heterocycles. The smallest absolute Gasteiger partial charge is 0.241 e. The van der Waals surface area contributed by atoms with Gasteiger partial charge >= 0.3 is 0 Å². The molecule has 0 radical (unpaired) electrons. The van der Waals surface area contributed by atoms with Crippen LogP contribution in [0.25, 0.3) is 0 Å². The quantitative estimate of drug-likeness (QED) is 0.917. The molecule has 3 nitrogen and oxygen atoms in total. The number of benzene rings is 1. The molecule has 0 aromatic heterocycles. The molecule has 104 valence electrons. The van der Waals surface area contributed by atoms with Gasteiger partial charge in [0.15, 0.2) is 0 Å². The third kappa shape index (κ3) is 2.77. The molecular formula is C15H21ClN2O. The predicted octanol–water partition coefficient (Wildman–Crippen LogP) is 3.35. The number of rotatable bonds is 4. The minimum atomic E-state index is -0.135. The summed E-state index contributed by atoms with van der Waals surface area (Å²) in [5.41, 5.74) is 1.05. The zero-order valence-electron chi connectivity index (χ0n) is 11.7. The van der Waals surface area contributed by atoms with Crippen LogP contribution in [0.3, 0.4) is 0 Å². The standard InChI is InChI=1S/C15H21ClN2O/c1-4-13(5-2)18-14(17-10(3)15(18)19)11-7-6-8-12(16)9-11/h6-10,13-14,17H,4-5H2,1-3H3. The second-order valence-electron chi connectivity index (χ2n) is 5.06. The Kier molecular flexibility index (Phi) is 4.48. The Labute approximate surface area is 119 Å². The van der Waals surface area contributed by atoms with E-state index in [1.165, 1.54) is 0 Å². The Morgan fingerprint density at radius 2 is 2.05 bits per heavy atom. The van der Waals surface area contributed by atoms with Crippen molar-refractivity contribution >= 4 is 17.5 Å². The first kappa shape index (κ1) is 14.4. The highest BCUT2D eigenvalue weighted by Gasteiger charge is 2.39. The Balaban J connectivity index is 2.34. The summed E-state index contributed by atoms with van der Waals surface area (Å²) in [5.74, 6) is 0.179. The molecule has 0 bridgehead atoms. The lowest BCUT2D eigenvalue weighted by Crippen LogP contribution is -2.39. The average molecular weight is 281 g/mol. The number of hydrogen-bond donors (Lipinski definition) is 1. The zero-order valence-corrected chi connectivity index (χ0v) is 12.4. The third-order valence-electron chi connectivity index (χ3n) is 3.81. The molecule has 1 aliphatic heterocycles. The van der Waals surface area contributed by atoms with Gasteiger partial charge in [-0.3, -0.25) is 10.1 Å². The van der Waals surface area contributed by atoms with E-state index in [0.29, 0.717) is 5.02 Å². The Morgan fingerprint density at radius 1 is 1.37 bits per heavy atom. The second-order valence-corrected chi connectivity index (χ2v) is 5.50. The molecule has 1 fully saturated rings. The van der Waals surface area contributed by atoms with Crippen LogP contribution in [0.1, 0.15) is 45.3 Å². The molecule has 0 saturated carbocycles. The van der Waals surface area contributed by atoms with E-state index in [1.54, 1.807) is 0 Å². The van der Waals surface area contributed by atoms with Crippen molar-refractivity contribution in [3.8, 4) is 0 Å². The first-order valence-electron chi connectivity index (χ1n) is 6.92. The monoisotopic (exact) mass is 280 g/mol. The number of carbonyl (C=O) groups is 1. The lowest BCUT2D eigenvalue weighted by Gasteiger charge is -2.32. The summed E-state index contributed by atoms with van der Waals surface area (Å²) in [5, 5.41) is 4.07. The normalized spacial score (nSPS) is 23.4. The fraction of sp³-hybridized carbons (Fsp3) is 0.533. The second kappa shape index (κ2) is 5.93. The van der Waals surface area contributed by atoms with Crippen LogP contribution in [0.4, 0.5) is 0 Å². The van der Waals surface area contributed by atoms with Gasteiger partial charge in [0, 0.05) is 11.1 Å². The molecule has 1 aromatic carbocycles. The lowest BCUT2D eigenvalue weighted by molar-refractivity contribution is -0.132. The van der Waals surface area contributed by atoms with Crippen molar-refractivity contribution < 1.29 is 4.79 Å². The van der Waals surface area contributed by atoms with Crippen molar-refractivity contribution in [3.05, 3.63) is 34.9 Å². The summed E-state index contributed by atoms with van der Waals surface area (Å²) in [7, 11) is 0. The molecule has 2 atom stereocenters. The molecule has 2 unspecified atom stereocenters. The van der Waals surface area contributed by atoms with Crippen LogP contribution in [-0.2, 0) is 4.79 Å². The van der Waals surface area contributed by atoms with E-state index < -0.39 is 0 Å². The van der Waals surface area contributed by atoms with Gasteiger partial charge in [0.2, 0.25) is 5.91 Å². The van der Waals surface area contributed by atoms with Gasteiger partial charge in [0.1, 0.15) is 6.17 Å². The summed E-state index contributed by atoms with van der Waals surface area (Å²) in [6, 6.07) is 7.87. The van der Waals surface area contributed by atoms with Crippen LogP contribution in [0, 0.1) is 0 Å². The summed E-state index contributed by atoms with van der Waals surface area (Å²) in [6.07, 6.45) is 1.87. The highest BCUT2D eigenvalue weighted by Crippen LogP contribution is 2.30. The maximum Gasteiger partial charge on any atom is 0.241 e. The predicted molar refractivity (Wildman–Crippen MR) is 78.0 cm³/mol. The minimum absolute atomic E-state index is 0.0638. The molecule has 1 amide bonds. The third-order valence-corrected chi connectivity index (χ3v) is 4.05. The van der Waals surface area contributed by atoms with Gasteiger partial charge < -0.3 is 4.90 Å². The molecule has 0 spiro atoms. The zero-order chi connectivity index (χ0) is 14.0. The van der Waals surface area contributed by atoms with E-state index in [9.17, 15) is 4.79 Å². The van der Waals surface area contributed by atoms with Crippen LogP contribution >= 0.6 is 11.6 Å². The van der Waals surface area contributed by atoms with Crippen LogP contribution in [-0.4, -0.2) is 22.9 Å². The molecule has 0 aliphatic carbocycles. The SMILES string of the molecule is CCC(CC)N1C(=O)C(C)NC1c1cccc(Cl)c1. The van der Waals surface area contributed by atoms with Gasteiger partial charge in [0.05, 0.1) is 6.04 Å². The maximum absolute atomic E-state index is 12.4. The van der Waals surface area contributed by atoms with Gasteiger partial charge in [-0.05, 0) is 37.5 Å². The molecule has 2 rings (SSSR count). The number of halogens is 1. The Morgan fingerprint density at radius 3 is 2.63 bits per heavy atom. The van der Waals surface area contributed by atoms with Gasteiger partial charge in [-0.1, -0.05) is 37.6 Å². The van der Waals surface area contributed by atoms with Gasteiger partial charge in [0.25, 0.3) is 0 Å². The summed E-state index contributed by atoms with van der Waals surface area (Å²) in [4.78, 5) is 14.3. The molecule has 1 aliphatic rings. The van der Waals surface area contributed by atoms with Crippen molar-refractivity contribution in [1.29, 1.82) is 0 Å². The number of hydrogen-bond acceptors (Lipinski definition) is 2. The van der Waals surface area contributed by atoms with Crippen LogP contribution < -0.4 is 5.32 Å². The van der Waals surface area contributed by atoms with E-state index in [2.05, 4.69) is 19.2 Å². The average Bonchev–Trinajstić information content (AvgIpc) is 2.69. The largest absolute Gasteiger partial charge is 0.319 e. The molecule has 1 aromatic rings. The van der Waals surface area contributed by atoms with Crippen molar-refractivity contribution in [2.24, 2.45) is 0 Å². The molecule has 1 heterocycles.